The molecule has 9 heavy (non-hydrogen) atoms. The number of hydrogen-bond acceptors (Lipinski definition) is 3. The average Bonchev–Trinajstić information content (AvgIpc) is 1.68. The summed E-state index contributed by atoms with van der Waals surface area (Å²) in [5.41, 5.74) is 0. The van der Waals surface area contributed by atoms with Crippen LogP contribution in [0.4, 0.5) is 0 Å². The molecule has 0 unspecified atom stereocenters. The Morgan fingerprint density at radius 2 is 2.44 bits per heavy atom. The summed E-state index contributed by atoms with van der Waals surface area (Å²) in [4.78, 5) is 10.1. The summed E-state index contributed by atoms with van der Waals surface area (Å²) < 4.78 is 4.37. The number of aliphatic hydroxyl groups excluding tert-OH is 1. The van der Waals surface area contributed by atoms with Crippen molar-refractivity contribution in [3.8, 4) is 0 Å². The molecule has 0 aliphatic heterocycles. The molecule has 0 aromatic carbocycles. The molecule has 0 saturated carbocycles. The van der Waals surface area contributed by atoms with Crippen molar-refractivity contribution < 1.29 is 44.2 Å². The van der Waals surface area contributed by atoms with Gasteiger partial charge in [-0.2, -0.15) is 0 Å². The van der Waals surface area contributed by atoms with Gasteiger partial charge in [-0.15, -0.1) is 6.08 Å². The maximum atomic E-state index is 10.1. The molecule has 0 atom stereocenters. The van der Waals surface area contributed by atoms with E-state index in [0.29, 0.717) is 6.61 Å². The topological polar surface area (TPSA) is 46.5 Å². The molecule has 0 fully saturated rings. The second kappa shape index (κ2) is 8.01. The van der Waals surface area contributed by atoms with Crippen LogP contribution in [-0.4, -0.2) is 17.7 Å². The minimum Gasteiger partial charge on any atom is -0.607 e. The van der Waals surface area contributed by atoms with Crippen molar-refractivity contribution >= 4 is 5.97 Å². The number of esters is 1. The van der Waals surface area contributed by atoms with Gasteiger partial charge in [-0.3, -0.25) is 0 Å². The van der Waals surface area contributed by atoms with Crippen LogP contribution in [0.1, 0.15) is 6.92 Å². The van der Waals surface area contributed by atoms with Crippen LogP contribution >= 0.6 is 0 Å². The average molecular weight is 138 g/mol. The van der Waals surface area contributed by atoms with Crippen molar-refractivity contribution in [3.63, 3.8) is 0 Å². The third kappa shape index (κ3) is 8.01. The predicted molar refractivity (Wildman–Crippen MR) is 27.1 cm³/mol. The van der Waals surface area contributed by atoms with Crippen LogP contribution in [0, 0.1) is 6.26 Å². The number of aliphatic hydroxyl groups is 1. The fraction of sp³-hybridized carbons (Fsp3) is 0.400. The van der Waals surface area contributed by atoms with E-state index in [1.54, 1.807) is 13.2 Å². The molecule has 0 aliphatic rings. The van der Waals surface area contributed by atoms with Crippen molar-refractivity contribution in [3.05, 3.63) is 12.3 Å². The molecule has 0 rings (SSSR count). The normalized spacial score (nSPS) is 8.56. The van der Waals surface area contributed by atoms with E-state index in [-0.39, 0.29) is 29.6 Å². The molecule has 0 saturated heterocycles. The van der Waals surface area contributed by atoms with Crippen molar-refractivity contribution in [1.29, 1.82) is 0 Å². The van der Waals surface area contributed by atoms with Gasteiger partial charge in [0.15, 0.2) is 5.97 Å². The molecule has 0 bridgehead atoms. The van der Waals surface area contributed by atoms with Gasteiger partial charge in [0.2, 0.25) is 0 Å². The maximum absolute atomic E-state index is 10.1. The predicted octanol–water partition coefficient (Wildman–Crippen LogP) is -2.57. The second-order valence-corrected chi connectivity index (χ2v) is 1.03. The van der Waals surface area contributed by atoms with E-state index < -0.39 is 5.97 Å². The van der Waals surface area contributed by atoms with Gasteiger partial charge >= 0.3 is 29.6 Å². The molecule has 1 N–H and O–H groups in total. The van der Waals surface area contributed by atoms with Crippen LogP contribution in [-0.2, 0) is 9.53 Å². The Bertz CT molecular complexity index is 100. The van der Waals surface area contributed by atoms with Gasteiger partial charge in [-0.25, -0.2) is 0 Å². The van der Waals surface area contributed by atoms with Gasteiger partial charge in [-0.05, 0) is 6.92 Å². The SMILES string of the molecule is CCOC(=O)C=[C-]O.[Na+]. The molecule has 0 heterocycles. The smallest absolute Gasteiger partial charge is 0.607 e. The number of carbonyl (C=O) groups is 1. The van der Waals surface area contributed by atoms with E-state index in [9.17, 15) is 4.79 Å². The molecule has 0 aliphatic carbocycles. The summed E-state index contributed by atoms with van der Waals surface area (Å²) in [7, 11) is 0. The minimum atomic E-state index is -0.574. The van der Waals surface area contributed by atoms with Crippen molar-refractivity contribution in [2.75, 3.05) is 6.61 Å². The number of ether oxygens (including phenoxy) is 1. The van der Waals surface area contributed by atoms with Crippen molar-refractivity contribution in [2.45, 2.75) is 6.92 Å². The molecular weight excluding hydrogens is 131 g/mol. The van der Waals surface area contributed by atoms with Gasteiger partial charge in [0.1, 0.15) is 0 Å². The molecule has 0 amide bonds. The zero-order chi connectivity index (χ0) is 6.41. The zero-order valence-electron chi connectivity index (χ0n) is 5.55. The van der Waals surface area contributed by atoms with E-state index in [1.807, 2.05) is 0 Å². The number of rotatable bonds is 2. The van der Waals surface area contributed by atoms with Crippen LogP contribution in [0.15, 0.2) is 6.08 Å². The summed E-state index contributed by atoms with van der Waals surface area (Å²) >= 11 is 0. The van der Waals surface area contributed by atoms with E-state index in [1.165, 1.54) is 0 Å². The van der Waals surface area contributed by atoms with Gasteiger partial charge in [0, 0.05) is 0 Å². The van der Waals surface area contributed by atoms with Gasteiger partial charge < -0.3 is 14.6 Å². The molecular formula is C5H7NaO3. The first-order chi connectivity index (χ1) is 3.81. The van der Waals surface area contributed by atoms with Crippen LogP contribution in [0.25, 0.3) is 0 Å². The summed E-state index contributed by atoms with van der Waals surface area (Å²) in [6, 6.07) is 0. The first-order valence-corrected chi connectivity index (χ1v) is 2.20. The van der Waals surface area contributed by atoms with E-state index in [0.717, 1.165) is 6.08 Å². The maximum Gasteiger partial charge on any atom is 1.00 e. The fourth-order valence-electron chi connectivity index (χ4n) is 0.237. The number of hydrogen-bond donors (Lipinski definition) is 1. The van der Waals surface area contributed by atoms with E-state index in [4.69, 9.17) is 5.11 Å². The second-order valence-electron chi connectivity index (χ2n) is 1.03. The first kappa shape index (κ1) is 11.8. The minimum absolute atomic E-state index is 0. The Labute approximate surface area is 76.0 Å². The largest absolute Gasteiger partial charge is 1.00 e. The number of carbonyl (C=O) groups excluding carboxylic acids is 1. The standard InChI is InChI=1S/C5H7O3.Na/c1-2-8-5(7)3-4-6;/h3,6H,2H2,1H3;/q-1;+1. The van der Waals surface area contributed by atoms with Crippen molar-refractivity contribution in [1.82, 2.24) is 0 Å². The third-order valence-electron chi connectivity index (χ3n) is 0.469. The van der Waals surface area contributed by atoms with E-state index >= 15 is 0 Å². The quantitative estimate of drug-likeness (QED) is 0.150. The Hall–Kier alpha value is 0.0100. The summed E-state index contributed by atoms with van der Waals surface area (Å²) in [5.74, 6) is -0.574. The van der Waals surface area contributed by atoms with Gasteiger partial charge in [0.25, 0.3) is 0 Å². The van der Waals surface area contributed by atoms with Crippen LogP contribution < -0.4 is 29.6 Å². The van der Waals surface area contributed by atoms with E-state index in [2.05, 4.69) is 4.74 Å². The first-order valence-electron chi connectivity index (χ1n) is 2.20. The zero-order valence-corrected chi connectivity index (χ0v) is 7.55. The Morgan fingerprint density at radius 1 is 1.89 bits per heavy atom. The molecule has 3 nitrogen and oxygen atoms in total. The monoisotopic (exact) mass is 138 g/mol. The summed E-state index contributed by atoms with van der Waals surface area (Å²) in [5, 5.41) is 7.86. The van der Waals surface area contributed by atoms with Crippen LogP contribution in [0.3, 0.4) is 0 Å². The molecule has 0 radical (unpaired) electrons. The molecule has 0 aromatic rings. The summed E-state index contributed by atoms with van der Waals surface area (Å²) in [6.07, 6.45) is 2.38. The molecule has 0 aromatic heterocycles. The van der Waals surface area contributed by atoms with Crippen LogP contribution in [0.2, 0.25) is 0 Å². The van der Waals surface area contributed by atoms with Gasteiger partial charge in [-0.1, -0.05) is 6.26 Å². The Morgan fingerprint density at radius 3 is 2.78 bits per heavy atom. The van der Waals surface area contributed by atoms with Crippen molar-refractivity contribution in [2.24, 2.45) is 0 Å². The van der Waals surface area contributed by atoms with Crippen LogP contribution in [0.5, 0.6) is 0 Å². The third-order valence-corrected chi connectivity index (χ3v) is 0.469. The summed E-state index contributed by atoms with van der Waals surface area (Å²) in [6.45, 7) is 2.00. The van der Waals surface area contributed by atoms with Gasteiger partial charge in [0.05, 0.1) is 6.61 Å². The Balaban J connectivity index is 0. The molecule has 46 valence electrons. The molecule has 4 heteroatoms. The molecule has 0 spiro atoms. The Kier molecular flexibility index (Phi) is 10.5. The fourth-order valence-corrected chi connectivity index (χ4v) is 0.237.